The first-order chi connectivity index (χ1) is 7.84. The van der Waals surface area contributed by atoms with E-state index >= 15 is 0 Å². The predicted molar refractivity (Wildman–Crippen MR) is 61.2 cm³/mol. The van der Waals surface area contributed by atoms with Crippen molar-refractivity contribution in [3.05, 3.63) is 30.1 Å². The summed E-state index contributed by atoms with van der Waals surface area (Å²) in [6, 6.07) is 4.12. The number of nitrogens with one attached hydrogen (secondary N) is 2. The van der Waals surface area contributed by atoms with E-state index in [1.807, 2.05) is 12.1 Å². The van der Waals surface area contributed by atoms with Crippen molar-refractivity contribution >= 4 is 16.9 Å². The number of nitrogens with zero attached hydrogens (tertiary/aromatic N) is 1. The van der Waals surface area contributed by atoms with Crippen molar-refractivity contribution < 1.29 is 4.79 Å². The maximum absolute atomic E-state index is 12.0. The Hall–Kier alpha value is -1.84. The summed E-state index contributed by atoms with van der Waals surface area (Å²) >= 11 is 0. The van der Waals surface area contributed by atoms with Crippen molar-refractivity contribution in [2.75, 3.05) is 0 Å². The number of aromatic nitrogens is 2. The Bertz CT molecular complexity index is 528. The maximum atomic E-state index is 12.0. The number of pyridine rings is 1. The molecule has 2 aromatic rings. The van der Waals surface area contributed by atoms with Gasteiger partial charge >= 0.3 is 0 Å². The summed E-state index contributed by atoms with van der Waals surface area (Å²) in [6.45, 7) is 0. The summed E-state index contributed by atoms with van der Waals surface area (Å²) in [7, 11) is 0. The van der Waals surface area contributed by atoms with Crippen molar-refractivity contribution in [2.24, 2.45) is 0 Å². The van der Waals surface area contributed by atoms with Crippen molar-refractivity contribution in [1.29, 1.82) is 0 Å². The molecule has 0 aromatic carbocycles. The molecule has 0 spiro atoms. The van der Waals surface area contributed by atoms with Gasteiger partial charge in [-0.15, -0.1) is 0 Å². The van der Waals surface area contributed by atoms with E-state index in [-0.39, 0.29) is 5.91 Å². The van der Waals surface area contributed by atoms with Crippen molar-refractivity contribution in [1.82, 2.24) is 15.3 Å². The topological polar surface area (TPSA) is 57.8 Å². The van der Waals surface area contributed by atoms with Gasteiger partial charge in [-0.1, -0.05) is 0 Å². The van der Waals surface area contributed by atoms with E-state index in [0.29, 0.717) is 11.6 Å². The van der Waals surface area contributed by atoms with Crippen molar-refractivity contribution in [3.8, 4) is 0 Å². The van der Waals surface area contributed by atoms with E-state index in [4.69, 9.17) is 0 Å². The molecule has 2 heterocycles. The number of H-pyrrole nitrogens is 1. The molecule has 0 atom stereocenters. The van der Waals surface area contributed by atoms with Crippen LogP contribution in [0.4, 0.5) is 0 Å². The lowest BCUT2D eigenvalue weighted by Gasteiger charge is -2.26. The number of aromatic amines is 1. The molecule has 0 saturated heterocycles. The van der Waals surface area contributed by atoms with Crippen LogP contribution in [-0.4, -0.2) is 21.9 Å². The van der Waals surface area contributed by atoms with Gasteiger partial charge in [-0.05, 0) is 31.4 Å². The number of hydrogen-bond acceptors (Lipinski definition) is 2. The van der Waals surface area contributed by atoms with Crippen molar-refractivity contribution in [3.63, 3.8) is 0 Å². The largest absolute Gasteiger partial charge is 0.349 e. The molecule has 0 radical (unpaired) electrons. The number of carbonyl (C=O) groups is 1. The second kappa shape index (κ2) is 3.63. The Balaban J connectivity index is 1.89. The molecule has 1 aliphatic rings. The Morgan fingerprint density at radius 1 is 1.50 bits per heavy atom. The molecular weight excluding hydrogens is 202 g/mol. The number of fused-ring (bicyclic) bond motifs is 1. The summed E-state index contributed by atoms with van der Waals surface area (Å²) in [4.78, 5) is 19.1. The average Bonchev–Trinajstić information content (AvgIpc) is 2.67. The van der Waals surface area contributed by atoms with Crippen LogP contribution in [0.5, 0.6) is 0 Å². The van der Waals surface area contributed by atoms with Crippen LogP contribution in [0.3, 0.4) is 0 Å². The van der Waals surface area contributed by atoms with Crippen LogP contribution >= 0.6 is 0 Å². The summed E-state index contributed by atoms with van der Waals surface area (Å²) < 4.78 is 0. The number of amides is 1. The molecular formula is C12H13N3O. The molecule has 82 valence electrons. The highest BCUT2D eigenvalue weighted by Crippen LogP contribution is 2.20. The highest BCUT2D eigenvalue weighted by atomic mass is 16.1. The van der Waals surface area contributed by atoms with Crippen LogP contribution in [0, 0.1) is 0 Å². The van der Waals surface area contributed by atoms with E-state index in [1.54, 1.807) is 12.4 Å². The van der Waals surface area contributed by atoms with Crippen LogP contribution in [0.25, 0.3) is 11.0 Å². The Kier molecular flexibility index (Phi) is 2.13. The van der Waals surface area contributed by atoms with E-state index in [0.717, 1.165) is 23.9 Å². The smallest absolute Gasteiger partial charge is 0.253 e. The third-order valence-corrected chi connectivity index (χ3v) is 3.14. The van der Waals surface area contributed by atoms with E-state index < -0.39 is 0 Å². The zero-order valence-corrected chi connectivity index (χ0v) is 8.86. The molecule has 0 aliphatic heterocycles. The molecule has 1 aliphatic carbocycles. The minimum Gasteiger partial charge on any atom is -0.349 e. The van der Waals surface area contributed by atoms with Gasteiger partial charge in [0.25, 0.3) is 5.91 Å². The fourth-order valence-corrected chi connectivity index (χ4v) is 1.96. The van der Waals surface area contributed by atoms with Gasteiger partial charge in [0.15, 0.2) is 0 Å². The molecule has 4 heteroatoms. The standard InChI is InChI=1S/C12H13N3O/c16-12(15-8-3-1-4-8)10-7-14-11-9(10)5-2-6-13-11/h2,5-8H,1,3-4H2,(H,13,14)(H,15,16). The minimum absolute atomic E-state index is 0.00366. The molecule has 0 bridgehead atoms. The SMILES string of the molecule is O=C(NC1CCC1)c1c[nH]c2ncccc12. The summed E-state index contributed by atoms with van der Waals surface area (Å²) in [5.74, 6) is 0.00366. The number of rotatable bonds is 2. The molecule has 4 nitrogen and oxygen atoms in total. The molecule has 2 N–H and O–H groups in total. The van der Waals surface area contributed by atoms with Gasteiger partial charge in [-0.2, -0.15) is 0 Å². The lowest BCUT2D eigenvalue weighted by Crippen LogP contribution is -2.39. The minimum atomic E-state index is 0.00366. The van der Waals surface area contributed by atoms with Crippen LogP contribution in [0.1, 0.15) is 29.6 Å². The van der Waals surface area contributed by atoms with Gasteiger partial charge in [-0.25, -0.2) is 4.98 Å². The Morgan fingerprint density at radius 3 is 3.12 bits per heavy atom. The molecule has 1 saturated carbocycles. The first-order valence-electron chi connectivity index (χ1n) is 5.57. The highest BCUT2D eigenvalue weighted by molar-refractivity contribution is 6.05. The van der Waals surface area contributed by atoms with Gasteiger partial charge in [0.05, 0.1) is 5.56 Å². The van der Waals surface area contributed by atoms with Crippen LogP contribution in [0.2, 0.25) is 0 Å². The predicted octanol–water partition coefficient (Wildman–Crippen LogP) is 1.85. The molecule has 1 amide bonds. The van der Waals surface area contributed by atoms with Crippen molar-refractivity contribution in [2.45, 2.75) is 25.3 Å². The van der Waals surface area contributed by atoms with Crippen LogP contribution in [0.15, 0.2) is 24.5 Å². The lowest BCUT2D eigenvalue weighted by atomic mass is 9.93. The van der Waals surface area contributed by atoms with Gasteiger partial charge in [-0.3, -0.25) is 4.79 Å². The summed E-state index contributed by atoms with van der Waals surface area (Å²) in [5.41, 5.74) is 1.45. The summed E-state index contributed by atoms with van der Waals surface area (Å²) in [6.07, 6.45) is 6.87. The normalized spacial score (nSPS) is 16.0. The quantitative estimate of drug-likeness (QED) is 0.803. The second-order valence-electron chi connectivity index (χ2n) is 4.20. The molecule has 3 rings (SSSR count). The van der Waals surface area contributed by atoms with E-state index in [9.17, 15) is 4.79 Å². The van der Waals surface area contributed by atoms with E-state index in [2.05, 4.69) is 15.3 Å². The Labute approximate surface area is 93.1 Å². The maximum Gasteiger partial charge on any atom is 0.253 e. The van der Waals surface area contributed by atoms with E-state index in [1.165, 1.54) is 6.42 Å². The summed E-state index contributed by atoms with van der Waals surface area (Å²) in [5, 5.41) is 3.91. The zero-order chi connectivity index (χ0) is 11.0. The monoisotopic (exact) mass is 215 g/mol. The molecule has 16 heavy (non-hydrogen) atoms. The molecule has 1 fully saturated rings. The van der Waals surface area contributed by atoms with Gasteiger partial charge in [0.2, 0.25) is 0 Å². The highest BCUT2D eigenvalue weighted by Gasteiger charge is 2.21. The number of hydrogen-bond donors (Lipinski definition) is 2. The average molecular weight is 215 g/mol. The van der Waals surface area contributed by atoms with Gasteiger partial charge in [0, 0.05) is 23.8 Å². The van der Waals surface area contributed by atoms with Gasteiger partial charge < -0.3 is 10.3 Å². The zero-order valence-electron chi connectivity index (χ0n) is 8.86. The second-order valence-corrected chi connectivity index (χ2v) is 4.20. The fourth-order valence-electron chi connectivity index (χ4n) is 1.96. The Morgan fingerprint density at radius 2 is 2.38 bits per heavy atom. The third-order valence-electron chi connectivity index (χ3n) is 3.14. The van der Waals surface area contributed by atoms with Crippen LogP contribution in [-0.2, 0) is 0 Å². The first-order valence-corrected chi connectivity index (χ1v) is 5.57. The fraction of sp³-hybridized carbons (Fsp3) is 0.333. The molecule has 2 aromatic heterocycles. The number of carbonyl (C=O) groups excluding carboxylic acids is 1. The third kappa shape index (κ3) is 1.46. The first kappa shape index (κ1) is 9.39. The lowest BCUT2D eigenvalue weighted by molar-refractivity contribution is 0.0918. The molecule has 0 unspecified atom stereocenters. The van der Waals surface area contributed by atoms with Crippen LogP contribution < -0.4 is 5.32 Å². The van der Waals surface area contributed by atoms with Gasteiger partial charge in [0.1, 0.15) is 5.65 Å².